The van der Waals surface area contributed by atoms with Crippen LogP contribution in [0.2, 0.25) is 0 Å². The Morgan fingerprint density at radius 3 is 2.16 bits per heavy atom. The second-order valence-corrected chi connectivity index (χ2v) is 5.73. The van der Waals surface area contributed by atoms with E-state index in [1.54, 1.807) is 0 Å². The minimum absolute atomic E-state index is 0.606. The molecule has 108 valence electrons. The fraction of sp³-hybridized carbons (Fsp3) is 0.647. The molecule has 1 aromatic carbocycles. The highest BCUT2D eigenvalue weighted by atomic mass is 15.1. The molecule has 0 aliphatic heterocycles. The van der Waals surface area contributed by atoms with E-state index in [2.05, 4.69) is 69.1 Å². The van der Waals surface area contributed by atoms with Crippen LogP contribution in [0.5, 0.6) is 0 Å². The van der Waals surface area contributed by atoms with Gasteiger partial charge in [0.05, 0.1) is 0 Å². The number of hydrogen-bond donors (Lipinski definition) is 1. The van der Waals surface area contributed by atoms with Gasteiger partial charge in [-0.25, -0.2) is 0 Å². The zero-order valence-corrected chi connectivity index (χ0v) is 13.2. The lowest BCUT2D eigenvalue weighted by molar-refractivity contribution is 0.552. The van der Waals surface area contributed by atoms with Crippen molar-refractivity contribution in [2.45, 2.75) is 53.6 Å². The quantitative estimate of drug-likeness (QED) is 0.760. The van der Waals surface area contributed by atoms with Crippen molar-refractivity contribution in [1.82, 2.24) is 5.32 Å². The van der Waals surface area contributed by atoms with Crippen LogP contribution in [0.15, 0.2) is 24.3 Å². The van der Waals surface area contributed by atoms with Crippen molar-refractivity contribution in [1.29, 1.82) is 0 Å². The van der Waals surface area contributed by atoms with Crippen molar-refractivity contribution >= 4 is 5.69 Å². The summed E-state index contributed by atoms with van der Waals surface area (Å²) in [5.41, 5.74) is 2.70. The van der Waals surface area contributed by atoms with E-state index in [0.29, 0.717) is 12.0 Å². The van der Waals surface area contributed by atoms with Gasteiger partial charge < -0.3 is 10.2 Å². The Hall–Kier alpha value is -1.02. The van der Waals surface area contributed by atoms with E-state index in [1.807, 2.05) is 0 Å². The minimum atomic E-state index is 0.606. The standard InChI is InChI=1S/C17H30N2/c1-6-15(5)19(7-2)17-10-8-16(9-11-17)13-18-12-14(3)4/h8-11,14-15,18H,6-7,12-13H2,1-5H3. The Kier molecular flexibility index (Phi) is 6.93. The molecule has 1 rings (SSSR count). The van der Waals surface area contributed by atoms with Gasteiger partial charge in [0.25, 0.3) is 0 Å². The maximum atomic E-state index is 3.48. The predicted octanol–water partition coefficient (Wildman–Crippen LogP) is 4.06. The molecule has 2 heteroatoms. The summed E-state index contributed by atoms with van der Waals surface area (Å²) in [6.07, 6.45) is 1.19. The molecule has 0 fully saturated rings. The predicted molar refractivity (Wildman–Crippen MR) is 85.8 cm³/mol. The van der Waals surface area contributed by atoms with Gasteiger partial charge in [-0.05, 0) is 50.4 Å². The third kappa shape index (κ3) is 5.23. The van der Waals surface area contributed by atoms with Crippen molar-refractivity contribution in [2.75, 3.05) is 18.0 Å². The zero-order valence-electron chi connectivity index (χ0n) is 13.2. The van der Waals surface area contributed by atoms with Gasteiger partial charge in [-0.2, -0.15) is 0 Å². The summed E-state index contributed by atoms with van der Waals surface area (Å²) in [5.74, 6) is 0.709. The van der Waals surface area contributed by atoms with Crippen molar-refractivity contribution in [3.05, 3.63) is 29.8 Å². The number of anilines is 1. The van der Waals surface area contributed by atoms with Crippen molar-refractivity contribution in [3.8, 4) is 0 Å². The lowest BCUT2D eigenvalue weighted by Gasteiger charge is -2.29. The van der Waals surface area contributed by atoms with E-state index < -0.39 is 0 Å². The smallest absolute Gasteiger partial charge is 0.0368 e. The van der Waals surface area contributed by atoms with Gasteiger partial charge in [0.1, 0.15) is 0 Å². The molecule has 0 heterocycles. The maximum absolute atomic E-state index is 3.48. The number of hydrogen-bond acceptors (Lipinski definition) is 2. The van der Waals surface area contributed by atoms with Crippen LogP contribution in [-0.2, 0) is 6.54 Å². The van der Waals surface area contributed by atoms with Crippen LogP contribution in [0.25, 0.3) is 0 Å². The molecule has 19 heavy (non-hydrogen) atoms. The molecule has 1 atom stereocenters. The van der Waals surface area contributed by atoms with E-state index in [1.165, 1.54) is 17.7 Å². The van der Waals surface area contributed by atoms with Gasteiger partial charge >= 0.3 is 0 Å². The summed E-state index contributed by atoms with van der Waals surface area (Å²) in [6, 6.07) is 9.60. The fourth-order valence-electron chi connectivity index (χ4n) is 2.28. The van der Waals surface area contributed by atoms with E-state index in [0.717, 1.165) is 19.6 Å². The Morgan fingerprint density at radius 1 is 1.05 bits per heavy atom. The highest BCUT2D eigenvalue weighted by molar-refractivity contribution is 5.48. The summed E-state index contributed by atoms with van der Waals surface area (Å²) in [4.78, 5) is 2.46. The minimum Gasteiger partial charge on any atom is -0.369 e. The highest BCUT2D eigenvalue weighted by Crippen LogP contribution is 2.19. The van der Waals surface area contributed by atoms with Gasteiger partial charge in [0.2, 0.25) is 0 Å². The first-order chi connectivity index (χ1) is 9.08. The Morgan fingerprint density at radius 2 is 1.68 bits per heavy atom. The summed E-state index contributed by atoms with van der Waals surface area (Å²) in [7, 11) is 0. The Balaban J connectivity index is 2.59. The van der Waals surface area contributed by atoms with Gasteiger partial charge in [-0.3, -0.25) is 0 Å². The van der Waals surface area contributed by atoms with E-state index in [-0.39, 0.29) is 0 Å². The van der Waals surface area contributed by atoms with Gasteiger partial charge in [0, 0.05) is 24.8 Å². The number of nitrogens with one attached hydrogen (secondary N) is 1. The first kappa shape index (κ1) is 16.0. The van der Waals surface area contributed by atoms with Crippen LogP contribution in [0, 0.1) is 5.92 Å². The lowest BCUT2D eigenvalue weighted by Crippen LogP contribution is -2.32. The monoisotopic (exact) mass is 262 g/mol. The molecule has 0 aliphatic rings. The van der Waals surface area contributed by atoms with Gasteiger partial charge in [0.15, 0.2) is 0 Å². The van der Waals surface area contributed by atoms with E-state index >= 15 is 0 Å². The molecule has 2 nitrogen and oxygen atoms in total. The number of benzene rings is 1. The first-order valence-corrected chi connectivity index (χ1v) is 7.64. The van der Waals surface area contributed by atoms with Crippen LogP contribution < -0.4 is 10.2 Å². The average Bonchev–Trinajstić information content (AvgIpc) is 2.40. The van der Waals surface area contributed by atoms with Crippen LogP contribution >= 0.6 is 0 Å². The maximum Gasteiger partial charge on any atom is 0.0368 e. The van der Waals surface area contributed by atoms with Crippen molar-refractivity contribution in [3.63, 3.8) is 0 Å². The molecule has 0 saturated heterocycles. The van der Waals surface area contributed by atoms with Gasteiger partial charge in [-0.1, -0.05) is 32.9 Å². The molecule has 1 unspecified atom stereocenters. The van der Waals surface area contributed by atoms with Crippen molar-refractivity contribution < 1.29 is 0 Å². The Labute approximate surface area is 119 Å². The zero-order chi connectivity index (χ0) is 14.3. The topological polar surface area (TPSA) is 15.3 Å². The molecule has 1 aromatic rings. The molecule has 1 N–H and O–H groups in total. The second-order valence-electron chi connectivity index (χ2n) is 5.73. The third-order valence-electron chi connectivity index (χ3n) is 3.61. The molecule has 0 bridgehead atoms. The summed E-state index contributed by atoms with van der Waals surface area (Å²) < 4.78 is 0. The molecule has 0 aromatic heterocycles. The largest absolute Gasteiger partial charge is 0.369 e. The molecule has 0 radical (unpaired) electrons. The first-order valence-electron chi connectivity index (χ1n) is 7.64. The third-order valence-corrected chi connectivity index (χ3v) is 3.61. The van der Waals surface area contributed by atoms with Crippen LogP contribution in [0.4, 0.5) is 5.69 Å². The molecule has 0 saturated carbocycles. The van der Waals surface area contributed by atoms with E-state index in [4.69, 9.17) is 0 Å². The fourth-order valence-corrected chi connectivity index (χ4v) is 2.28. The molecule has 0 spiro atoms. The lowest BCUT2D eigenvalue weighted by atomic mass is 10.1. The summed E-state index contributed by atoms with van der Waals surface area (Å²) >= 11 is 0. The highest BCUT2D eigenvalue weighted by Gasteiger charge is 2.10. The van der Waals surface area contributed by atoms with Crippen LogP contribution in [-0.4, -0.2) is 19.1 Å². The molecule has 0 amide bonds. The number of rotatable bonds is 8. The second kappa shape index (κ2) is 8.21. The van der Waals surface area contributed by atoms with Crippen LogP contribution in [0.1, 0.15) is 46.6 Å². The Bertz CT molecular complexity index is 343. The molecular weight excluding hydrogens is 232 g/mol. The normalized spacial score (nSPS) is 12.7. The summed E-state index contributed by atoms with van der Waals surface area (Å²) in [5, 5.41) is 3.48. The van der Waals surface area contributed by atoms with Crippen LogP contribution in [0.3, 0.4) is 0 Å². The average molecular weight is 262 g/mol. The number of nitrogens with zero attached hydrogens (tertiary/aromatic N) is 1. The SMILES string of the molecule is CCC(C)N(CC)c1ccc(CNCC(C)C)cc1. The molecule has 0 aliphatic carbocycles. The van der Waals surface area contributed by atoms with Crippen molar-refractivity contribution in [2.24, 2.45) is 5.92 Å². The van der Waals surface area contributed by atoms with E-state index in [9.17, 15) is 0 Å². The molecular formula is C17H30N2. The van der Waals surface area contributed by atoms with Gasteiger partial charge in [-0.15, -0.1) is 0 Å². The summed E-state index contributed by atoms with van der Waals surface area (Å²) in [6.45, 7) is 14.4.